The minimum Gasteiger partial charge on any atom is -0.459 e. The molecule has 0 bridgehead atoms. The van der Waals surface area contributed by atoms with E-state index in [4.69, 9.17) is 4.74 Å². The number of esters is 1. The number of ether oxygens (including phenoxy) is 1. The van der Waals surface area contributed by atoms with E-state index in [2.05, 4.69) is 62.5 Å². The van der Waals surface area contributed by atoms with Crippen LogP contribution in [0.25, 0.3) is 0 Å². The van der Waals surface area contributed by atoms with E-state index in [0.717, 1.165) is 25.8 Å². The quantitative estimate of drug-likeness (QED) is 0.613. The maximum Gasteiger partial charge on any atom is 0.314 e. The lowest BCUT2D eigenvalue weighted by atomic mass is 9.76. The van der Waals surface area contributed by atoms with Gasteiger partial charge >= 0.3 is 5.97 Å². The van der Waals surface area contributed by atoms with E-state index >= 15 is 0 Å². The molecule has 2 aromatic carbocycles. The SMILES string of the molecule is Cc1cc(C)c(CN[C@H]2CCC[C@@]2(Cc2ccccc2)C(=O)OC(C)(C)C)c(C)c1. The third kappa shape index (κ3) is 5.13. The molecular weight excluding hydrogens is 370 g/mol. The number of nitrogens with one attached hydrogen (secondary N) is 1. The molecule has 0 aliphatic heterocycles. The number of hydrogen-bond donors (Lipinski definition) is 1. The summed E-state index contributed by atoms with van der Waals surface area (Å²) in [6.45, 7) is 13.1. The Balaban J connectivity index is 1.88. The molecule has 0 saturated heterocycles. The fourth-order valence-electron chi connectivity index (χ4n) is 4.95. The molecule has 1 saturated carbocycles. The molecular formula is C27H37NO2. The number of hydrogen-bond acceptors (Lipinski definition) is 3. The van der Waals surface area contributed by atoms with Gasteiger partial charge in [-0.15, -0.1) is 0 Å². The van der Waals surface area contributed by atoms with Gasteiger partial charge in [0, 0.05) is 12.6 Å². The first-order valence-electron chi connectivity index (χ1n) is 11.2. The van der Waals surface area contributed by atoms with Gasteiger partial charge in [-0.2, -0.15) is 0 Å². The maximum atomic E-state index is 13.5. The summed E-state index contributed by atoms with van der Waals surface area (Å²) in [4.78, 5) is 13.5. The third-order valence-electron chi connectivity index (χ3n) is 6.32. The first-order chi connectivity index (χ1) is 14.1. The summed E-state index contributed by atoms with van der Waals surface area (Å²) in [5, 5.41) is 3.78. The van der Waals surface area contributed by atoms with E-state index in [0.29, 0.717) is 6.42 Å². The van der Waals surface area contributed by atoms with E-state index in [9.17, 15) is 4.79 Å². The summed E-state index contributed by atoms with van der Waals surface area (Å²) in [5.74, 6) is -0.0637. The Hall–Kier alpha value is -2.13. The second kappa shape index (κ2) is 8.93. The molecule has 0 spiro atoms. The number of rotatable bonds is 6. The monoisotopic (exact) mass is 407 g/mol. The van der Waals surface area contributed by atoms with Gasteiger partial charge in [-0.05, 0) is 83.1 Å². The molecule has 1 fully saturated rings. The van der Waals surface area contributed by atoms with Crippen LogP contribution < -0.4 is 5.32 Å². The zero-order chi connectivity index (χ0) is 21.9. The Morgan fingerprint density at radius 2 is 1.73 bits per heavy atom. The zero-order valence-corrected chi connectivity index (χ0v) is 19.5. The van der Waals surface area contributed by atoms with Crippen molar-refractivity contribution in [2.24, 2.45) is 5.41 Å². The summed E-state index contributed by atoms with van der Waals surface area (Å²) in [6, 6.07) is 15.0. The highest BCUT2D eigenvalue weighted by molar-refractivity contribution is 5.79. The predicted octanol–water partition coefficient (Wildman–Crippen LogP) is 5.82. The van der Waals surface area contributed by atoms with Crippen LogP contribution in [0.1, 0.15) is 67.9 Å². The molecule has 3 heteroatoms. The van der Waals surface area contributed by atoms with Gasteiger partial charge in [0.05, 0.1) is 5.41 Å². The Kier molecular flexibility index (Phi) is 6.71. The van der Waals surface area contributed by atoms with Crippen molar-refractivity contribution in [3.63, 3.8) is 0 Å². The van der Waals surface area contributed by atoms with Crippen LogP contribution in [-0.4, -0.2) is 17.6 Å². The lowest BCUT2D eigenvalue weighted by Crippen LogP contribution is -2.50. The van der Waals surface area contributed by atoms with Crippen LogP contribution in [0.5, 0.6) is 0 Å². The van der Waals surface area contributed by atoms with Crippen molar-refractivity contribution in [2.45, 2.75) is 85.4 Å². The largest absolute Gasteiger partial charge is 0.459 e. The van der Waals surface area contributed by atoms with Gasteiger partial charge in [-0.25, -0.2) is 0 Å². The Bertz CT molecular complexity index is 858. The summed E-state index contributed by atoms with van der Waals surface area (Å²) in [5.41, 5.74) is 5.43. The fraction of sp³-hybridized carbons (Fsp3) is 0.519. The maximum absolute atomic E-state index is 13.5. The molecule has 30 heavy (non-hydrogen) atoms. The predicted molar refractivity (Wildman–Crippen MR) is 124 cm³/mol. The molecule has 1 aliphatic carbocycles. The molecule has 3 nitrogen and oxygen atoms in total. The van der Waals surface area contributed by atoms with Gasteiger partial charge in [0.25, 0.3) is 0 Å². The highest BCUT2D eigenvalue weighted by atomic mass is 16.6. The lowest BCUT2D eigenvalue weighted by Gasteiger charge is -2.37. The van der Waals surface area contributed by atoms with Crippen LogP contribution in [-0.2, 0) is 22.5 Å². The molecule has 2 atom stereocenters. The number of benzene rings is 2. The molecule has 1 N–H and O–H groups in total. The molecule has 1 aliphatic rings. The lowest BCUT2D eigenvalue weighted by molar-refractivity contribution is -0.168. The van der Waals surface area contributed by atoms with E-state index < -0.39 is 11.0 Å². The van der Waals surface area contributed by atoms with Gasteiger partial charge in [-0.1, -0.05) is 54.4 Å². The molecule has 0 heterocycles. The van der Waals surface area contributed by atoms with Gasteiger partial charge in [0.1, 0.15) is 5.60 Å². The van der Waals surface area contributed by atoms with Crippen molar-refractivity contribution in [1.29, 1.82) is 0 Å². The van der Waals surface area contributed by atoms with Gasteiger partial charge in [0.2, 0.25) is 0 Å². The van der Waals surface area contributed by atoms with Gasteiger partial charge < -0.3 is 10.1 Å². The first-order valence-corrected chi connectivity index (χ1v) is 11.2. The Labute approximate surface area is 182 Å². The minimum atomic E-state index is -0.527. The molecule has 3 rings (SSSR count). The normalized spacial score (nSPS) is 21.6. The van der Waals surface area contributed by atoms with E-state index in [1.165, 1.54) is 27.8 Å². The standard InChI is InChI=1S/C27H37NO2/c1-19-15-20(2)23(21(3)16-19)18-28-24-13-10-14-27(24,25(29)30-26(4,5)6)17-22-11-8-7-9-12-22/h7-9,11-12,15-16,24,28H,10,13-14,17-18H2,1-6H3/t24-,27-/m0/s1. The van der Waals surface area contributed by atoms with Crippen molar-refractivity contribution in [2.75, 3.05) is 0 Å². The first kappa shape index (κ1) is 22.6. The molecule has 0 amide bonds. The van der Waals surface area contributed by atoms with Crippen LogP contribution >= 0.6 is 0 Å². The zero-order valence-electron chi connectivity index (χ0n) is 19.5. The molecule has 2 aromatic rings. The van der Waals surface area contributed by atoms with Crippen molar-refractivity contribution in [3.05, 3.63) is 70.3 Å². The van der Waals surface area contributed by atoms with Crippen LogP contribution in [0.3, 0.4) is 0 Å². The third-order valence-corrected chi connectivity index (χ3v) is 6.32. The van der Waals surface area contributed by atoms with Gasteiger partial charge in [-0.3, -0.25) is 4.79 Å². The fourth-order valence-corrected chi connectivity index (χ4v) is 4.95. The number of carbonyl (C=O) groups is 1. The Morgan fingerprint density at radius 1 is 1.10 bits per heavy atom. The average Bonchev–Trinajstić information content (AvgIpc) is 3.04. The van der Waals surface area contributed by atoms with Crippen molar-refractivity contribution in [3.8, 4) is 0 Å². The summed E-state index contributed by atoms with van der Waals surface area (Å²) >= 11 is 0. The molecule has 0 unspecified atom stereocenters. The topological polar surface area (TPSA) is 38.3 Å². The summed E-state index contributed by atoms with van der Waals surface area (Å²) in [7, 11) is 0. The summed E-state index contributed by atoms with van der Waals surface area (Å²) < 4.78 is 5.96. The van der Waals surface area contributed by atoms with Crippen molar-refractivity contribution >= 4 is 5.97 Å². The number of carbonyl (C=O) groups excluding carboxylic acids is 1. The molecule has 162 valence electrons. The van der Waals surface area contributed by atoms with E-state index in [1.54, 1.807) is 0 Å². The highest BCUT2D eigenvalue weighted by Crippen LogP contribution is 2.43. The van der Waals surface area contributed by atoms with Crippen LogP contribution in [0, 0.1) is 26.2 Å². The summed E-state index contributed by atoms with van der Waals surface area (Å²) in [6.07, 6.45) is 3.61. The van der Waals surface area contributed by atoms with Crippen LogP contribution in [0.4, 0.5) is 0 Å². The highest BCUT2D eigenvalue weighted by Gasteiger charge is 2.50. The second-order valence-electron chi connectivity index (χ2n) is 10.0. The average molecular weight is 408 g/mol. The van der Waals surface area contributed by atoms with Gasteiger partial charge in [0.15, 0.2) is 0 Å². The number of aryl methyl sites for hydroxylation is 3. The minimum absolute atomic E-state index is 0.0637. The Morgan fingerprint density at radius 3 is 2.33 bits per heavy atom. The van der Waals surface area contributed by atoms with Crippen LogP contribution in [0.2, 0.25) is 0 Å². The van der Waals surface area contributed by atoms with E-state index in [1.807, 2.05) is 26.8 Å². The second-order valence-corrected chi connectivity index (χ2v) is 10.0. The van der Waals surface area contributed by atoms with Crippen molar-refractivity contribution in [1.82, 2.24) is 5.32 Å². The smallest absolute Gasteiger partial charge is 0.314 e. The van der Waals surface area contributed by atoms with Crippen molar-refractivity contribution < 1.29 is 9.53 Å². The molecule has 0 aromatic heterocycles. The van der Waals surface area contributed by atoms with Crippen LogP contribution in [0.15, 0.2) is 42.5 Å². The van der Waals surface area contributed by atoms with E-state index in [-0.39, 0.29) is 12.0 Å². The molecule has 0 radical (unpaired) electrons.